The first kappa shape index (κ1) is 10.9. The van der Waals surface area contributed by atoms with Crippen molar-refractivity contribution in [1.82, 2.24) is 0 Å². The zero-order valence-electron chi connectivity index (χ0n) is 8.40. The zero-order chi connectivity index (χ0) is 11.4. The van der Waals surface area contributed by atoms with Crippen molar-refractivity contribution >= 4 is 11.8 Å². The van der Waals surface area contributed by atoms with Gasteiger partial charge in [-0.25, -0.2) is 4.79 Å². The van der Waals surface area contributed by atoms with Crippen LogP contribution in [-0.2, 0) is 4.74 Å². The van der Waals surface area contributed by atoms with Crippen LogP contribution in [-0.4, -0.2) is 18.9 Å². The molecule has 0 aliphatic rings. The smallest absolute Gasteiger partial charge is 0.339 e. The maximum Gasteiger partial charge on any atom is 0.339 e. The summed E-state index contributed by atoms with van der Waals surface area (Å²) < 4.78 is 4.51. The molecule has 15 heavy (non-hydrogen) atoms. The Morgan fingerprint density at radius 3 is 2.40 bits per heavy atom. The van der Waals surface area contributed by atoms with E-state index in [1.807, 2.05) is 6.07 Å². The first-order valence-electron chi connectivity index (χ1n) is 4.24. The fourth-order valence-electron chi connectivity index (χ4n) is 1.25. The van der Waals surface area contributed by atoms with Crippen LogP contribution in [0.25, 0.3) is 0 Å². The van der Waals surface area contributed by atoms with E-state index in [2.05, 4.69) is 4.74 Å². The predicted octanol–water partition coefficient (Wildman–Crippen LogP) is 1.55. The summed E-state index contributed by atoms with van der Waals surface area (Å²) in [5, 5.41) is 8.88. The summed E-state index contributed by atoms with van der Waals surface area (Å²) >= 11 is 0. The highest BCUT2D eigenvalue weighted by molar-refractivity contribution is 6.01. The van der Waals surface area contributed by atoms with Crippen molar-refractivity contribution in [2.45, 2.75) is 6.92 Å². The summed E-state index contributed by atoms with van der Waals surface area (Å²) in [4.78, 5) is 22.5. The molecule has 0 bridgehead atoms. The van der Waals surface area contributed by atoms with Crippen LogP contribution in [0.5, 0.6) is 0 Å². The van der Waals surface area contributed by atoms with Crippen LogP contribution < -0.4 is 0 Å². The van der Waals surface area contributed by atoms with Crippen molar-refractivity contribution in [3.63, 3.8) is 0 Å². The molecule has 76 valence electrons. The van der Waals surface area contributed by atoms with Gasteiger partial charge in [0.05, 0.1) is 18.2 Å². The Bertz CT molecular complexity index is 457. The number of Topliss-reactive ketones (excluding diaryl/α,β-unsaturated/α-hetero) is 1. The molecule has 0 aliphatic carbocycles. The zero-order valence-corrected chi connectivity index (χ0v) is 8.40. The van der Waals surface area contributed by atoms with Crippen LogP contribution in [0.2, 0.25) is 0 Å². The average Bonchev–Trinajstić information content (AvgIpc) is 2.26. The molecular weight excluding hydrogens is 194 g/mol. The summed E-state index contributed by atoms with van der Waals surface area (Å²) in [6.07, 6.45) is 0. The van der Waals surface area contributed by atoms with Crippen molar-refractivity contribution in [2.75, 3.05) is 7.11 Å². The van der Waals surface area contributed by atoms with Gasteiger partial charge in [0.2, 0.25) is 0 Å². The van der Waals surface area contributed by atoms with Gasteiger partial charge in [0, 0.05) is 5.56 Å². The highest BCUT2D eigenvalue weighted by Gasteiger charge is 2.16. The second-order valence-electron chi connectivity index (χ2n) is 2.89. The minimum absolute atomic E-state index is 0.0665. The van der Waals surface area contributed by atoms with E-state index in [4.69, 9.17) is 5.26 Å². The van der Waals surface area contributed by atoms with Crippen LogP contribution in [0, 0.1) is 11.3 Å². The van der Waals surface area contributed by atoms with E-state index in [-0.39, 0.29) is 22.5 Å². The van der Waals surface area contributed by atoms with Crippen molar-refractivity contribution in [2.24, 2.45) is 0 Å². The second kappa shape index (κ2) is 4.38. The van der Waals surface area contributed by atoms with Crippen LogP contribution in [0.4, 0.5) is 0 Å². The van der Waals surface area contributed by atoms with Crippen LogP contribution in [0.15, 0.2) is 18.2 Å². The SMILES string of the molecule is COC(=O)c1cccc(C(C)=O)c1C#N. The van der Waals surface area contributed by atoms with Gasteiger partial charge < -0.3 is 4.74 Å². The molecule has 0 amide bonds. The van der Waals surface area contributed by atoms with Gasteiger partial charge in [0.25, 0.3) is 0 Å². The predicted molar refractivity (Wildman–Crippen MR) is 52.5 cm³/mol. The van der Waals surface area contributed by atoms with Gasteiger partial charge in [-0.3, -0.25) is 4.79 Å². The molecule has 0 saturated heterocycles. The molecule has 0 atom stereocenters. The number of ketones is 1. The topological polar surface area (TPSA) is 67.2 Å². The molecule has 0 heterocycles. The van der Waals surface area contributed by atoms with E-state index in [9.17, 15) is 9.59 Å². The lowest BCUT2D eigenvalue weighted by Gasteiger charge is -2.04. The Balaban J connectivity index is 3.43. The van der Waals surface area contributed by atoms with Gasteiger partial charge in [-0.15, -0.1) is 0 Å². The van der Waals surface area contributed by atoms with Crippen LogP contribution >= 0.6 is 0 Å². The molecule has 4 heteroatoms. The fourth-order valence-corrected chi connectivity index (χ4v) is 1.25. The lowest BCUT2D eigenvalue weighted by atomic mass is 10.00. The number of hydrogen-bond donors (Lipinski definition) is 0. The Kier molecular flexibility index (Phi) is 3.19. The highest BCUT2D eigenvalue weighted by Crippen LogP contribution is 2.15. The Hall–Kier alpha value is -2.15. The minimum Gasteiger partial charge on any atom is -0.465 e. The number of nitrogens with zero attached hydrogens (tertiary/aromatic N) is 1. The normalized spacial score (nSPS) is 9.13. The average molecular weight is 203 g/mol. The molecule has 1 rings (SSSR count). The summed E-state index contributed by atoms with van der Waals surface area (Å²) in [7, 11) is 1.23. The summed E-state index contributed by atoms with van der Waals surface area (Å²) in [5.41, 5.74) is 0.421. The number of esters is 1. The number of carbonyl (C=O) groups excluding carboxylic acids is 2. The third-order valence-corrected chi connectivity index (χ3v) is 1.96. The molecule has 4 nitrogen and oxygen atoms in total. The van der Waals surface area contributed by atoms with Gasteiger partial charge in [0.1, 0.15) is 6.07 Å². The minimum atomic E-state index is -0.616. The van der Waals surface area contributed by atoms with Gasteiger partial charge in [0.15, 0.2) is 5.78 Å². The maximum absolute atomic E-state index is 11.3. The number of methoxy groups -OCH3 is 1. The quantitative estimate of drug-likeness (QED) is 0.540. The first-order chi connectivity index (χ1) is 7.11. The van der Waals surface area contributed by atoms with Gasteiger partial charge in [-0.2, -0.15) is 5.26 Å². The molecule has 0 unspecified atom stereocenters. The van der Waals surface area contributed by atoms with Crippen LogP contribution in [0.3, 0.4) is 0 Å². The highest BCUT2D eigenvalue weighted by atomic mass is 16.5. The summed E-state index contributed by atoms with van der Waals surface area (Å²) in [5.74, 6) is -0.869. The van der Waals surface area contributed by atoms with E-state index in [0.717, 1.165) is 0 Å². The van der Waals surface area contributed by atoms with Crippen molar-refractivity contribution < 1.29 is 14.3 Å². The monoisotopic (exact) mass is 203 g/mol. The standard InChI is InChI=1S/C11H9NO3/c1-7(13)8-4-3-5-9(10(8)6-12)11(14)15-2/h3-5H,1-2H3. The van der Waals surface area contributed by atoms with Gasteiger partial charge in [-0.1, -0.05) is 12.1 Å². The second-order valence-corrected chi connectivity index (χ2v) is 2.89. The van der Waals surface area contributed by atoms with Crippen molar-refractivity contribution in [3.05, 3.63) is 34.9 Å². The van der Waals surface area contributed by atoms with Gasteiger partial charge >= 0.3 is 5.97 Å². The Labute approximate surface area is 87.1 Å². The molecule has 0 radical (unpaired) electrons. The number of hydrogen-bond acceptors (Lipinski definition) is 4. The number of carbonyl (C=O) groups is 2. The molecule has 0 fully saturated rings. The third-order valence-electron chi connectivity index (χ3n) is 1.96. The number of benzene rings is 1. The number of ether oxygens (including phenoxy) is 1. The molecule has 0 N–H and O–H groups in total. The van der Waals surface area contributed by atoms with E-state index < -0.39 is 5.97 Å². The van der Waals surface area contributed by atoms with Crippen molar-refractivity contribution in [1.29, 1.82) is 5.26 Å². The third kappa shape index (κ3) is 2.02. The van der Waals surface area contributed by atoms with E-state index in [1.165, 1.54) is 26.2 Å². The fraction of sp³-hybridized carbons (Fsp3) is 0.182. The molecule has 1 aromatic rings. The largest absolute Gasteiger partial charge is 0.465 e. The Morgan fingerprint density at radius 1 is 1.33 bits per heavy atom. The number of rotatable bonds is 2. The molecule has 1 aromatic carbocycles. The lowest BCUT2D eigenvalue weighted by Crippen LogP contribution is -2.08. The molecule has 0 aliphatic heterocycles. The first-order valence-corrected chi connectivity index (χ1v) is 4.24. The summed E-state index contributed by atoms with van der Waals surface area (Å²) in [6.45, 7) is 1.34. The van der Waals surface area contributed by atoms with E-state index in [0.29, 0.717) is 0 Å². The molecule has 0 aromatic heterocycles. The van der Waals surface area contributed by atoms with E-state index in [1.54, 1.807) is 6.07 Å². The number of nitriles is 1. The van der Waals surface area contributed by atoms with Crippen molar-refractivity contribution in [3.8, 4) is 6.07 Å². The molecule has 0 spiro atoms. The maximum atomic E-state index is 11.3. The van der Waals surface area contributed by atoms with E-state index >= 15 is 0 Å². The summed E-state index contributed by atoms with van der Waals surface area (Å²) in [6, 6.07) is 6.35. The molecular formula is C11H9NO3. The lowest BCUT2D eigenvalue weighted by molar-refractivity contribution is 0.0600. The molecule has 0 saturated carbocycles. The van der Waals surface area contributed by atoms with Crippen LogP contribution in [0.1, 0.15) is 33.2 Å². The Morgan fingerprint density at radius 2 is 1.93 bits per heavy atom. The van der Waals surface area contributed by atoms with Gasteiger partial charge in [-0.05, 0) is 13.0 Å².